The van der Waals surface area contributed by atoms with E-state index in [0.29, 0.717) is 16.0 Å². The first-order valence-electron chi connectivity index (χ1n) is 5.78. The third-order valence-corrected chi connectivity index (χ3v) is 4.52. The summed E-state index contributed by atoms with van der Waals surface area (Å²) < 4.78 is 4.65. The van der Waals surface area contributed by atoms with Gasteiger partial charge in [0, 0.05) is 16.0 Å². The number of nitro benzene ring substituents is 1. The Hall–Kier alpha value is -2.12. The molecule has 1 aromatic carbocycles. The SMILES string of the molecule is COC(=O)c1sc(-c2ccc(Cl)cc2[N+](=O)[O-])c(C)c1N. The van der Waals surface area contributed by atoms with Gasteiger partial charge in [0.15, 0.2) is 0 Å². The molecule has 0 unspecified atom stereocenters. The van der Waals surface area contributed by atoms with Crippen LogP contribution in [0.25, 0.3) is 10.4 Å². The first kappa shape index (κ1) is 15.3. The minimum Gasteiger partial charge on any atom is -0.465 e. The van der Waals surface area contributed by atoms with Crippen LogP contribution in [0.15, 0.2) is 18.2 Å². The van der Waals surface area contributed by atoms with E-state index in [4.69, 9.17) is 17.3 Å². The lowest BCUT2D eigenvalue weighted by Gasteiger charge is -2.02. The second kappa shape index (κ2) is 5.71. The summed E-state index contributed by atoms with van der Waals surface area (Å²) in [6.07, 6.45) is 0. The highest BCUT2D eigenvalue weighted by atomic mass is 35.5. The molecule has 0 fully saturated rings. The maximum Gasteiger partial charge on any atom is 0.350 e. The third-order valence-electron chi connectivity index (χ3n) is 2.97. The van der Waals surface area contributed by atoms with Crippen molar-refractivity contribution >= 4 is 40.3 Å². The topological polar surface area (TPSA) is 95.5 Å². The molecule has 0 aliphatic rings. The van der Waals surface area contributed by atoms with Crippen LogP contribution in [-0.4, -0.2) is 18.0 Å². The van der Waals surface area contributed by atoms with Crippen LogP contribution < -0.4 is 5.73 Å². The Kier molecular flexibility index (Phi) is 4.15. The van der Waals surface area contributed by atoms with Crippen LogP contribution in [0.4, 0.5) is 11.4 Å². The van der Waals surface area contributed by atoms with Gasteiger partial charge in [-0.1, -0.05) is 11.6 Å². The molecule has 0 aliphatic carbocycles. The van der Waals surface area contributed by atoms with Gasteiger partial charge in [-0.15, -0.1) is 11.3 Å². The molecule has 0 bridgehead atoms. The Morgan fingerprint density at radius 2 is 2.14 bits per heavy atom. The average molecular weight is 327 g/mol. The van der Waals surface area contributed by atoms with Crippen molar-refractivity contribution in [1.82, 2.24) is 0 Å². The zero-order valence-electron chi connectivity index (χ0n) is 11.2. The number of benzene rings is 1. The van der Waals surface area contributed by atoms with Crippen LogP contribution in [0, 0.1) is 17.0 Å². The first-order chi connectivity index (χ1) is 9.86. The fraction of sp³-hybridized carbons (Fsp3) is 0.154. The molecular formula is C13H11ClN2O4S. The number of esters is 1. The Balaban J connectivity index is 2.68. The minimum absolute atomic E-state index is 0.136. The smallest absolute Gasteiger partial charge is 0.350 e. The molecule has 1 aromatic heterocycles. The van der Waals surface area contributed by atoms with Gasteiger partial charge < -0.3 is 10.5 Å². The maximum atomic E-state index is 11.7. The van der Waals surface area contributed by atoms with Gasteiger partial charge in [0.2, 0.25) is 0 Å². The molecule has 2 rings (SSSR count). The van der Waals surface area contributed by atoms with Crippen LogP contribution in [0.1, 0.15) is 15.2 Å². The number of nitrogens with two attached hydrogens (primary N) is 1. The predicted octanol–water partition coefficient (Wildman–Crippen LogP) is 3.65. The lowest BCUT2D eigenvalue weighted by atomic mass is 10.1. The second-order valence-corrected chi connectivity index (χ2v) is 5.67. The van der Waals surface area contributed by atoms with Crippen molar-refractivity contribution < 1.29 is 14.5 Å². The van der Waals surface area contributed by atoms with Crippen LogP contribution >= 0.6 is 22.9 Å². The molecule has 110 valence electrons. The maximum absolute atomic E-state index is 11.7. The number of halogens is 1. The van der Waals surface area contributed by atoms with E-state index >= 15 is 0 Å². The normalized spacial score (nSPS) is 10.4. The van der Waals surface area contributed by atoms with Gasteiger partial charge in [0.1, 0.15) is 4.88 Å². The lowest BCUT2D eigenvalue weighted by Crippen LogP contribution is -2.01. The van der Waals surface area contributed by atoms with Crippen molar-refractivity contribution in [2.45, 2.75) is 6.92 Å². The summed E-state index contributed by atoms with van der Waals surface area (Å²) in [5, 5.41) is 11.4. The number of carbonyl (C=O) groups excluding carboxylic acids is 1. The standard InChI is InChI=1S/C13H11ClN2O4S/c1-6-10(15)12(13(17)20-2)21-11(6)8-4-3-7(14)5-9(8)16(18)19/h3-5H,15H2,1-2H3. The highest BCUT2D eigenvalue weighted by Crippen LogP contribution is 2.42. The molecule has 0 radical (unpaired) electrons. The minimum atomic E-state index is -0.566. The van der Waals surface area contributed by atoms with Gasteiger partial charge in [-0.25, -0.2) is 4.79 Å². The molecule has 0 aliphatic heterocycles. The van der Waals surface area contributed by atoms with Gasteiger partial charge in [0.25, 0.3) is 5.69 Å². The van der Waals surface area contributed by atoms with Crippen molar-refractivity contribution in [3.05, 3.63) is 43.8 Å². The molecule has 21 heavy (non-hydrogen) atoms. The van der Waals surface area contributed by atoms with E-state index < -0.39 is 10.9 Å². The quantitative estimate of drug-likeness (QED) is 0.527. The molecule has 2 aromatic rings. The summed E-state index contributed by atoms with van der Waals surface area (Å²) in [4.78, 5) is 23.1. The molecule has 0 saturated heterocycles. The fourth-order valence-electron chi connectivity index (χ4n) is 1.88. The highest BCUT2D eigenvalue weighted by Gasteiger charge is 2.24. The summed E-state index contributed by atoms with van der Waals surface area (Å²) in [6.45, 7) is 1.70. The third kappa shape index (κ3) is 2.70. The van der Waals surface area contributed by atoms with Gasteiger partial charge in [0.05, 0.1) is 23.3 Å². The van der Waals surface area contributed by atoms with Gasteiger partial charge in [-0.3, -0.25) is 10.1 Å². The highest BCUT2D eigenvalue weighted by molar-refractivity contribution is 7.18. The number of hydrogen-bond donors (Lipinski definition) is 1. The Morgan fingerprint density at radius 1 is 1.48 bits per heavy atom. The van der Waals surface area contributed by atoms with E-state index in [-0.39, 0.29) is 21.3 Å². The molecule has 0 amide bonds. The van der Waals surface area contributed by atoms with Crippen LogP contribution in [0.2, 0.25) is 5.02 Å². The van der Waals surface area contributed by atoms with Crippen molar-refractivity contribution in [2.24, 2.45) is 0 Å². The summed E-state index contributed by atoms with van der Waals surface area (Å²) in [5.41, 5.74) is 6.99. The number of thiophene rings is 1. The number of rotatable bonds is 3. The molecule has 0 atom stereocenters. The molecule has 0 spiro atoms. The van der Waals surface area contributed by atoms with Crippen molar-refractivity contribution in [3.8, 4) is 10.4 Å². The zero-order chi connectivity index (χ0) is 15.7. The number of carbonyl (C=O) groups is 1. The Morgan fingerprint density at radius 3 is 2.71 bits per heavy atom. The van der Waals surface area contributed by atoms with Crippen molar-refractivity contribution in [2.75, 3.05) is 12.8 Å². The number of nitro groups is 1. The number of nitrogens with zero attached hydrogens (tertiary/aromatic N) is 1. The van der Waals surface area contributed by atoms with E-state index in [9.17, 15) is 14.9 Å². The number of anilines is 1. The largest absolute Gasteiger partial charge is 0.465 e. The number of ether oxygens (including phenoxy) is 1. The Labute approximate surface area is 129 Å². The number of methoxy groups -OCH3 is 1. The van der Waals surface area contributed by atoms with Crippen LogP contribution in [0.5, 0.6) is 0 Å². The van der Waals surface area contributed by atoms with E-state index in [1.165, 1.54) is 13.2 Å². The lowest BCUT2D eigenvalue weighted by molar-refractivity contribution is -0.384. The summed E-state index contributed by atoms with van der Waals surface area (Å²) in [7, 11) is 1.25. The second-order valence-electron chi connectivity index (χ2n) is 4.21. The first-order valence-corrected chi connectivity index (χ1v) is 6.97. The van der Waals surface area contributed by atoms with Gasteiger partial charge >= 0.3 is 5.97 Å². The van der Waals surface area contributed by atoms with Crippen LogP contribution in [0.3, 0.4) is 0 Å². The van der Waals surface area contributed by atoms with E-state index in [2.05, 4.69) is 4.74 Å². The summed E-state index contributed by atoms with van der Waals surface area (Å²) in [6, 6.07) is 4.36. The van der Waals surface area contributed by atoms with E-state index in [1.54, 1.807) is 19.1 Å². The molecule has 6 nitrogen and oxygen atoms in total. The summed E-state index contributed by atoms with van der Waals surface area (Å²) >= 11 is 6.86. The molecule has 8 heteroatoms. The predicted molar refractivity (Wildman–Crippen MR) is 81.9 cm³/mol. The van der Waals surface area contributed by atoms with Crippen LogP contribution in [-0.2, 0) is 4.74 Å². The Bertz CT molecular complexity index is 742. The molecular weight excluding hydrogens is 316 g/mol. The van der Waals surface area contributed by atoms with Gasteiger partial charge in [-0.2, -0.15) is 0 Å². The molecule has 1 heterocycles. The van der Waals surface area contributed by atoms with Crippen molar-refractivity contribution in [3.63, 3.8) is 0 Å². The summed E-state index contributed by atoms with van der Waals surface area (Å²) in [5.74, 6) is -0.566. The molecule has 0 saturated carbocycles. The molecule has 2 N–H and O–H groups in total. The average Bonchev–Trinajstić information content (AvgIpc) is 2.74. The zero-order valence-corrected chi connectivity index (χ0v) is 12.7. The number of hydrogen-bond acceptors (Lipinski definition) is 6. The van der Waals surface area contributed by atoms with E-state index in [0.717, 1.165) is 11.3 Å². The van der Waals surface area contributed by atoms with E-state index in [1.807, 2.05) is 0 Å². The van der Waals surface area contributed by atoms with Gasteiger partial charge in [-0.05, 0) is 24.6 Å². The van der Waals surface area contributed by atoms with Crippen molar-refractivity contribution in [1.29, 1.82) is 0 Å². The fourth-order valence-corrected chi connectivity index (χ4v) is 3.22. The monoisotopic (exact) mass is 326 g/mol. The number of nitrogen functional groups attached to an aromatic ring is 1.